The first-order valence-electron chi connectivity index (χ1n) is 8.72. The number of benzene rings is 2. The average molecular weight is 391 g/mol. The summed E-state index contributed by atoms with van der Waals surface area (Å²) in [5, 5.41) is 11.0. The van der Waals surface area contributed by atoms with Crippen molar-refractivity contribution in [1.82, 2.24) is 14.7 Å². The van der Waals surface area contributed by atoms with E-state index >= 15 is 0 Å². The number of hydrogen-bond acceptors (Lipinski definition) is 4. The van der Waals surface area contributed by atoms with Gasteiger partial charge in [-0.3, -0.25) is 4.98 Å². The zero-order valence-electron chi connectivity index (χ0n) is 15.4. The quantitative estimate of drug-likeness (QED) is 0.359. The Bertz CT molecular complexity index is 1120. The topological polar surface area (TPSA) is 50.9 Å². The molecule has 4 nitrogen and oxygen atoms in total. The van der Waals surface area contributed by atoms with Gasteiger partial charge >= 0.3 is 0 Å². The number of aryl methyl sites for hydroxylation is 1. The maximum atomic E-state index is 13.4. The Labute approximate surface area is 166 Å². The second kappa shape index (κ2) is 7.48. The number of halogens is 1. The molecule has 6 heteroatoms. The van der Waals surface area contributed by atoms with Crippen molar-refractivity contribution in [2.45, 2.75) is 11.8 Å². The number of pyridine rings is 1. The van der Waals surface area contributed by atoms with Gasteiger partial charge in [-0.05, 0) is 61.7 Å². The van der Waals surface area contributed by atoms with Gasteiger partial charge < -0.3 is 5.21 Å². The largest absolute Gasteiger partial charge is 0.426 e. The second-order valence-corrected chi connectivity index (χ2v) is 7.25. The molecule has 2 aromatic carbocycles. The molecule has 0 saturated heterocycles. The van der Waals surface area contributed by atoms with Crippen molar-refractivity contribution in [2.24, 2.45) is 0 Å². The van der Waals surface area contributed by atoms with E-state index < -0.39 is 0 Å². The Morgan fingerprint density at radius 3 is 2.25 bits per heavy atom. The molecule has 0 unspecified atom stereocenters. The van der Waals surface area contributed by atoms with Crippen molar-refractivity contribution in [3.8, 4) is 33.9 Å². The molecule has 140 valence electrons. The Morgan fingerprint density at radius 2 is 1.61 bits per heavy atom. The standard InChI is InChI=1S/C22H18FN3OS/c1-14-13-17(11-12-24-14)21-20(15-3-7-18(23)8-4-15)25-22(26(21)27)16-5-9-19(28-2)10-6-16/h3-13,27H,1-2H3. The lowest BCUT2D eigenvalue weighted by molar-refractivity contribution is 0.195. The van der Waals surface area contributed by atoms with Crippen LogP contribution in [0.1, 0.15) is 5.69 Å². The van der Waals surface area contributed by atoms with Crippen LogP contribution in [0.4, 0.5) is 4.39 Å². The smallest absolute Gasteiger partial charge is 0.176 e. The summed E-state index contributed by atoms with van der Waals surface area (Å²) in [4.78, 5) is 10.1. The molecule has 4 rings (SSSR count). The van der Waals surface area contributed by atoms with Crippen molar-refractivity contribution < 1.29 is 9.60 Å². The number of imidazole rings is 1. The molecule has 0 bridgehead atoms. The SMILES string of the molecule is CSc1ccc(-c2nc(-c3ccc(F)cc3)c(-c3ccnc(C)c3)n2O)cc1. The molecule has 4 aromatic rings. The molecule has 1 N–H and O–H groups in total. The highest BCUT2D eigenvalue weighted by molar-refractivity contribution is 7.98. The summed E-state index contributed by atoms with van der Waals surface area (Å²) in [6, 6.07) is 17.6. The van der Waals surface area contributed by atoms with Crippen LogP contribution >= 0.6 is 11.8 Å². The Kier molecular flexibility index (Phi) is 4.88. The van der Waals surface area contributed by atoms with Crippen LogP contribution in [-0.2, 0) is 0 Å². The third-order valence-electron chi connectivity index (χ3n) is 4.49. The van der Waals surface area contributed by atoms with Crippen molar-refractivity contribution in [1.29, 1.82) is 0 Å². The molecular formula is C22H18FN3OS. The van der Waals surface area contributed by atoms with Gasteiger partial charge in [-0.25, -0.2) is 9.37 Å². The third-order valence-corrected chi connectivity index (χ3v) is 5.23. The maximum absolute atomic E-state index is 13.4. The summed E-state index contributed by atoms with van der Waals surface area (Å²) in [6.07, 6.45) is 3.71. The van der Waals surface area contributed by atoms with Gasteiger partial charge in [0.1, 0.15) is 17.2 Å². The van der Waals surface area contributed by atoms with Crippen LogP contribution in [0.15, 0.2) is 71.8 Å². The summed E-state index contributed by atoms with van der Waals surface area (Å²) in [6.45, 7) is 1.89. The van der Waals surface area contributed by atoms with Crippen LogP contribution < -0.4 is 0 Å². The second-order valence-electron chi connectivity index (χ2n) is 6.37. The van der Waals surface area contributed by atoms with Crippen LogP contribution in [0.25, 0.3) is 33.9 Å². The fraction of sp³-hybridized carbons (Fsp3) is 0.0909. The average Bonchev–Trinajstić information content (AvgIpc) is 3.06. The number of thioether (sulfide) groups is 1. The van der Waals surface area contributed by atoms with Crippen molar-refractivity contribution >= 4 is 11.8 Å². The zero-order valence-corrected chi connectivity index (χ0v) is 16.2. The molecule has 0 spiro atoms. The van der Waals surface area contributed by atoms with Gasteiger partial charge in [0.25, 0.3) is 0 Å². The minimum atomic E-state index is -0.318. The monoisotopic (exact) mass is 391 g/mol. The number of aromatic nitrogens is 3. The van der Waals surface area contributed by atoms with E-state index in [4.69, 9.17) is 4.98 Å². The molecule has 0 atom stereocenters. The first-order chi connectivity index (χ1) is 13.6. The number of nitrogens with zero attached hydrogens (tertiary/aromatic N) is 3. The van der Waals surface area contributed by atoms with E-state index in [1.54, 1.807) is 30.1 Å². The van der Waals surface area contributed by atoms with Crippen molar-refractivity contribution in [3.63, 3.8) is 0 Å². The van der Waals surface area contributed by atoms with E-state index in [9.17, 15) is 9.60 Å². The van der Waals surface area contributed by atoms with Crippen LogP contribution in [0.3, 0.4) is 0 Å². The van der Waals surface area contributed by atoms with E-state index in [1.165, 1.54) is 12.1 Å². The summed E-state index contributed by atoms with van der Waals surface area (Å²) in [7, 11) is 0. The summed E-state index contributed by atoms with van der Waals surface area (Å²) in [5.74, 6) is 0.109. The van der Waals surface area contributed by atoms with E-state index in [0.29, 0.717) is 17.2 Å². The molecule has 0 radical (unpaired) electrons. The fourth-order valence-electron chi connectivity index (χ4n) is 3.10. The predicted molar refractivity (Wildman–Crippen MR) is 110 cm³/mol. The van der Waals surface area contributed by atoms with E-state index in [0.717, 1.165) is 32.0 Å². The van der Waals surface area contributed by atoms with Crippen LogP contribution in [0.5, 0.6) is 0 Å². The normalized spacial score (nSPS) is 11.0. The number of rotatable bonds is 4. The van der Waals surface area contributed by atoms with Gasteiger partial charge in [-0.2, -0.15) is 4.73 Å². The molecule has 28 heavy (non-hydrogen) atoms. The minimum absolute atomic E-state index is 0.318. The van der Waals surface area contributed by atoms with Gasteiger partial charge in [0.15, 0.2) is 5.82 Å². The fourth-order valence-corrected chi connectivity index (χ4v) is 3.51. The minimum Gasteiger partial charge on any atom is -0.426 e. The van der Waals surface area contributed by atoms with Crippen molar-refractivity contribution in [2.75, 3.05) is 6.26 Å². The summed E-state index contributed by atoms with van der Waals surface area (Å²) >= 11 is 1.65. The van der Waals surface area contributed by atoms with Gasteiger partial charge in [0.05, 0.1) is 0 Å². The molecular weight excluding hydrogens is 373 g/mol. The summed E-state index contributed by atoms with van der Waals surface area (Å²) < 4.78 is 14.5. The van der Waals surface area contributed by atoms with Crippen LogP contribution in [0, 0.1) is 12.7 Å². The molecule has 0 amide bonds. The highest BCUT2D eigenvalue weighted by atomic mass is 32.2. The van der Waals surface area contributed by atoms with Crippen LogP contribution in [0.2, 0.25) is 0 Å². The maximum Gasteiger partial charge on any atom is 0.176 e. The van der Waals surface area contributed by atoms with Gasteiger partial charge in [0, 0.05) is 33.5 Å². The third kappa shape index (κ3) is 3.39. The Balaban J connectivity index is 1.94. The molecule has 2 heterocycles. The lowest BCUT2D eigenvalue weighted by atomic mass is 10.1. The predicted octanol–water partition coefficient (Wildman–Crippen LogP) is 5.69. The van der Waals surface area contributed by atoms with Gasteiger partial charge in [-0.1, -0.05) is 12.1 Å². The van der Waals surface area contributed by atoms with E-state index in [-0.39, 0.29) is 5.82 Å². The first-order valence-corrected chi connectivity index (χ1v) is 9.94. The van der Waals surface area contributed by atoms with Crippen LogP contribution in [-0.4, -0.2) is 26.2 Å². The molecule has 0 aliphatic rings. The van der Waals surface area contributed by atoms with E-state index in [2.05, 4.69) is 4.98 Å². The Hall–Kier alpha value is -3.12. The highest BCUT2D eigenvalue weighted by Gasteiger charge is 2.21. The first kappa shape index (κ1) is 18.3. The number of hydrogen-bond donors (Lipinski definition) is 1. The molecule has 2 aromatic heterocycles. The molecule has 0 saturated carbocycles. The molecule has 0 aliphatic carbocycles. The van der Waals surface area contributed by atoms with Gasteiger partial charge in [-0.15, -0.1) is 11.8 Å². The van der Waals surface area contributed by atoms with Crippen molar-refractivity contribution in [3.05, 3.63) is 78.4 Å². The van der Waals surface area contributed by atoms with E-state index in [1.807, 2.05) is 49.6 Å². The van der Waals surface area contributed by atoms with Gasteiger partial charge in [0.2, 0.25) is 0 Å². The lowest BCUT2D eigenvalue weighted by Crippen LogP contribution is -1.98. The molecule has 0 fully saturated rings. The summed E-state index contributed by atoms with van der Waals surface area (Å²) in [5.41, 5.74) is 4.25. The highest BCUT2D eigenvalue weighted by Crippen LogP contribution is 2.35. The zero-order chi connectivity index (χ0) is 19.7. The lowest BCUT2D eigenvalue weighted by Gasteiger charge is -2.07. The molecule has 0 aliphatic heterocycles. The Morgan fingerprint density at radius 1 is 0.929 bits per heavy atom.